The normalized spacial score (nSPS) is 10.6. The third-order valence-corrected chi connectivity index (χ3v) is 2.83. The summed E-state index contributed by atoms with van der Waals surface area (Å²) in [5.41, 5.74) is 1.02. The molecule has 0 aromatic carbocycles. The lowest BCUT2D eigenvalue weighted by atomic mass is 10.0. The van der Waals surface area contributed by atoms with Gasteiger partial charge in [0.25, 0.3) is 5.56 Å². The van der Waals surface area contributed by atoms with E-state index in [-0.39, 0.29) is 17.4 Å². The second kappa shape index (κ2) is 5.05. The van der Waals surface area contributed by atoms with Gasteiger partial charge in [-0.25, -0.2) is 0 Å². The molecule has 17 heavy (non-hydrogen) atoms. The molecule has 0 saturated heterocycles. The number of aromatic nitrogens is 1. The van der Waals surface area contributed by atoms with Crippen molar-refractivity contribution in [1.82, 2.24) is 4.57 Å². The average Bonchev–Trinajstić information content (AvgIpc) is 2.25. The molecule has 4 heteroatoms. The van der Waals surface area contributed by atoms with E-state index in [0.717, 1.165) is 0 Å². The summed E-state index contributed by atoms with van der Waals surface area (Å²) in [6.45, 7) is 7.95. The van der Waals surface area contributed by atoms with Crippen molar-refractivity contribution in [3.05, 3.63) is 27.0 Å². The van der Waals surface area contributed by atoms with Crippen molar-refractivity contribution in [3.8, 4) is 11.9 Å². The first-order chi connectivity index (χ1) is 7.93. The lowest BCUT2D eigenvalue weighted by molar-refractivity contribution is 0.376. The first kappa shape index (κ1) is 13.3. The zero-order valence-corrected chi connectivity index (χ0v) is 10.7. The molecule has 0 spiro atoms. The molecule has 0 unspecified atom stereocenters. The van der Waals surface area contributed by atoms with Crippen LogP contribution < -0.4 is 5.56 Å². The maximum atomic E-state index is 12.0. The summed E-state index contributed by atoms with van der Waals surface area (Å²) >= 11 is 0. The number of nitrogens with zero attached hydrogens (tertiary/aromatic N) is 2. The Hall–Kier alpha value is -1.76. The predicted octanol–water partition coefficient (Wildman–Crippen LogP) is 1.95. The standard InChI is InChI=1S/C13H18N2O2/c1-5-10-9(4)11(6-14)13(17)15(12(10)16)7-8(2)3/h8,16H,5,7H2,1-4H3. The van der Waals surface area contributed by atoms with Gasteiger partial charge in [0.15, 0.2) is 5.88 Å². The Labute approximate surface area is 101 Å². The van der Waals surface area contributed by atoms with Gasteiger partial charge in [-0.15, -0.1) is 0 Å². The smallest absolute Gasteiger partial charge is 0.271 e. The van der Waals surface area contributed by atoms with E-state index in [0.29, 0.717) is 24.1 Å². The van der Waals surface area contributed by atoms with Crippen LogP contribution in [0.25, 0.3) is 0 Å². The molecule has 1 N–H and O–H groups in total. The molecule has 0 saturated carbocycles. The number of aromatic hydroxyl groups is 1. The van der Waals surface area contributed by atoms with Crippen LogP contribution in [0.2, 0.25) is 0 Å². The maximum Gasteiger partial charge on any atom is 0.271 e. The van der Waals surface area contributed by atoms with Crippen LogP contribution in [0.5, 0.6) is 5.88 Å². The topological polar surface area (TPSA) is 66.0 Å². The maximum absolute atomic E-state index is 12.0. The lowest BCUT2D eigenvalue weighted by Crippen LogP contribution is -2.27. The van der Waals surface area contributed by atoms with Crippen LogP contribution in [0.1, 0.15) is 37.5 Å². The summed E-state index contributed by atoms with van der Waals surface area (Å²) in [6.07, 6.45) is 0.602. The molecular formula is C13H18N2O2. The average molecular weight is 234 g/mol. The highest BCUT2D eigenvalue weighted by Crippen LogP contribution is 2.22. The van der Waals surface area contributed by atoms with E-state index in [1.807, 2.05) is 26.8 Å². The van der Waals surface area contributed by atoms with Gasteiger partial charge in [0, 0.05) is 12.1 Å². The molecule has 1 aromatic rings. The fraction of sp³-hybridized carbons (Fsp3) is 0.538. The van der Waals surface area contributed by atoms with Crippen LogP contribution in [-0.4, -0.2) is 9.67 Å². The van der Waals surface area contributed by atoms with Gasteiger partial charge in [-0.05, 0) is 24.8 Å². The van der Waals surface area contributed by atoms with E-state index >= 15 is 0 Å². The fourth-order valence-electron chi connectivity index (χ4n) is 1.96. The highest BCUT2D eigenvalue weighted by molar-refractivity contribution is 5.45. The zero-order chi connectivity index (χ0) is 13.2. The van der Waals surface area contributed by atoms with Crippen molar-refractivity contribution in [2.75, 3.05) is 0 Å². The summed E-state index contributed by atoms with van der Waals surface area (Å²) in [6, 6.07) is 1.93. The summed E-state index contributed by atoms with van der Waals surface area (Å²) in [5.74, 6) is 0.236. The summed E-state index contributed by atoms with van der Waals surface area (Å²) in [4.78, 5) is 12.0. The second-order valence-corrected chi connectivity index (χ2v) is 4.58. The Morgan fingerprint density at radius 1 is 1.47 bits per heavy atom. The SMILES string of the molecule is CCc1c(C)c(C#N)c(=O)n(CC(C)C)c1O. The second-order valence-electron chi connectivity index (χ2n) is 4.58. The Kier molecular flexibility index (Phi) is 3.95. The molecule has 0 aliphatic heterocycles. The van der Waals surface area contributed by atoms with Gasteiger partial charge in [0.05, 0.1) is 0 Å². The molecule has 0 amide bonds. The van der Waals surface area contributed by atoms with Gasteiger partial charge >= 0.3 is 0 Å². The minimum absolute atomic E-state index is 0.00250. The van der Waals surface area contributed by atoms with E-state index in [1.165, 1.54) is 4.57 Å². The van der Waals surface area contributed by atoms with Crippen molar-refractivity contribution in [2.24, 2.45) is 5.92 Å². The van der Waals surface area contributed by atoms with Crippen molar-refractivity contribution in [1.29, 1.82) is 5.26 Å². The minimum atomic E-state index is -0.395. The van der Waals surface area contributed by atoms with Crippen LogP contribution in [0.3, 0.4) is 0 Å². The van der Waals surface area contributed by atoms with E-state index in [4.69, 9.17) is 5.26 Å². The molecule has 0 bridgehead atoms. The van der Waals surface area contributed by atoms with E-state index in [1.54, 1.807) is 6.92 Å². The van der Waals surface area contributed by atoms with Gasteiger partial charge in [-0.1, -0.05) is 20.8 Å². The van der Waals surface area contributed by atoms with Crippen molar-refractivity contribution < 1.29 is 5.11 Å². The monoisotopic (exact) mass is 234 g/mol. The Morgan fingerprint density at radius 2 is 2.06 bits per heavy atom. The molecule has 1 aromatic heterocycles. The highest BCUT2D eigenvalue weighted by atomic mass is 16.3. The third kappa shape index (κ3) is 2.33. The minimum Gasteiger partial charge on any atom is -0.494 e. The summed E-state index contributed by atoms with van der Waals surface area (Å²) in [7, 11) is 0. The number of hydrogen-bond donors (Lipinski definition) is 1. The molecule has 4 nitrogen and oxygen atoms in total. The van der Waals surface area contributed by atoms with Crippen molar-refractivity contribution in [2.45, 2.75) is 40.7 Å². The van der Waals surface area contributed by atoms with E-state index in [2.05, 4.69) is 0 Å². The molecule has 0 atom stereocenters. The summed E-state index contributed by atoms with van der Waals surface area (Å²) < 4.78 is 1.30. The van der Waals surface area contributed by atoms with Crippen LogP contribution >= 0.6 is 0 Å². The third-order valence-electron chi connectivity index (χ3n) is 2.83. The molecule has 0 fully saturated rings. The fourth-order valence-corrected chi connectivity index (χ4v) is 1.96. The predicted molar refractivity (Wildman–Crippen MR) is 66.0 cm³/mol. The number of nitriles is 1. The Bertz CT molecular complexity index is 522. The van der Waals surface area contributed by atoms with Gasteiger partial charge in [0.1, 0.15) is 11.6 Å². The molecular weight excluding hydrogens is 216 g/mol. The van der Waals surface area contributed by atoms with E-state index in [9.17, 15) is 9.90 Å². The van der Waals surface area contributed by atoms with Crippen LogP contribution in [0.4, 0.5) is 0 Å². The quantitative estimate of drug-likeness (QED) is 0.869. The van der Waals surface area contributed by atoms with Crippen LogP contribution in [-0.2, 0) is 13.0 Å². The molecule has 0 radical (unpaired) electrons. The lowest BCUT2D eigenvalue weighted by Gasteiger charge is -2.16. The Morgan fingerprint density at radius 3 is 2.47 bits per heavy atom. The first-order valence-corrected chi connectivity index (χ1v) is 5.79. The van der Waals surface area contributed by atoms with Gasteiger partial charge in [-0.2, -0.15) is 5.26 Å². The number of pyridine rings is 1. The summed E-state index contributed by atoms with van der Waals surface area (Å²) in [5, 5.41) is 19.1. The molecule has 92 valence electrons. The zero-order valence-electron chi connectivity index (χ0n) is 10.7. The highest BCUT2D eigenvalue weighted by Gasteiger charge is 2.17. The number of rotatable bonds is 3. The van der Waals surface area contributed by atoms with E-state index < -0.39 is 5.56 Å². The molecule has 0 aliphatic rings. The van der Waals surface area contributed by atoms with Crippen LogP contribution in [0, 0.1) is 24.2 Å². The Balaban J connectivity index is 3.61. The van der Waals surface area contributed by atoms with Gasteiger partial charge in [-0.3, -0.25) is 9.36 Å². The van der Waals surface area contributed by atoms with Gasteiger partial charge in [0.2, 0.25) is 0 Å². The van der Waals surface area contributed by atoms with Gasteiger partial charge < -0.3 is 5.11 Å². The largest absolute Gasteiger partial charge is 0.494 e. The first-order valence-electron chi connectivity index (χ1n) is 5.79. The molecule has 0 aliphatic carbocycles. The number of hydrogen-bond acceptors (Lipinski definition) is 3. The molecule has 1 rings (SSSR count). The van der Waals surface area contributed by atoms with Crippen molar-refractivity contribution in [3.63, 3.8) is 0 Å². The molecule has 1 heterocycles. The van der Waals surface area contributed by atoms with Crippen LogP contribution in [0.15, 0.2) is 4.79 Å². The van der Waals surface area contributed by atoms with Crippen molar-refractivity contribution >= 4 is 0 Å².